The number of nitrogens with one attached hydrogen (secondary N) is 1. The van der Waals surface area contributed by atoms with E-state index in [1.165, 1.54) is 12.3 Å². The second kappa shape index (κ2) is 5.18. The highest BCUT2D eigenvalue weighted by atomic mass is 16.7. The summed E-state index contributed by atoms with van der Waals surface area (Å²) in [6.45, 7) is 1.98. The summed E-state index contributed by atoms with van der Waals surface area (Å²) in [5.41, 5.74) is 7.61. The van der Waals surface area contributed by atoms with Gasteiger partial charge in [0.25, 0.3) is 0 Å². The van der Waals surface area contributed by atoms with Crippen molar-refractivity contribution < 1.29 is 19.2 Å². The highest BCUT2D eigenvalue weighted by Crippen LogP contribution is 2.01. The number of hydrogen-bond acceptors (Lipinski definition) is 3. The standard InChI is InChI=1S/C13H12N2O3/c1-9-4-6-10(7-5-9)12(14)15-18-13(16)11-3-2-8-17-11/h2-8H,1H3,(H2,14,15)/p+1. The molecule has 0 fully saturated rings. The van der Waals surface area contributed by atoms with Crippen LogP contribution in [0, 0.1) is 6.92 Å². The van der Waals surface area contributed by atoms with Crippen LogP contribution in [0.5, 0.6) is 0 Å². The molecule has 0 spiro atoms. The van der Waals surface area contributed by atoms with Crippen LogP contribution in [0.4, 0.5) is 0 Å². The third-order valence-corrected chi connectivity index (χ3v) is 2.34. The van der Waals surface area contributed by atoms with Crippen LogP contribution in [0.1, 0.15) is 21.7 Å². The molecule has 3 N–H and O–H groups in total. The van der Waals surface area contributed by atoms with Crippen LogP contribution >= 0.6 is 0 Å². The minimum absolute atomic E-state index is 0.110. The number of rotatable bonds is 3. The lowest BCUT2D eigenvalue weighted by molar-refractivity contribution is -0.721. The summed E-state index contributed by atoms with van der Waals surface area (Å²) in [7, 11) is 0. The molecule has 18 heavy (non-hydrogen) atoms. The third kappa shape index (κ3) is 2.76. The maximum atomic E-state index is 11.4. The summed E-state index contributed by atoms with van der Waals surface area (Å²) in [5, 5.41) is 2.39. The molecule has 1 aromatic heterocycles. The lowest BCUT2D eigenvalue weighted by Crippen LogP contribution is -2.75. The molecule has 92 valence electrons. The Morgan fingerprint density at radius 2 is 2.00 bits per heavy atom. The molecule has 1 aromatic carbocycles. The molecule has 2 aromatic rings. The molecule has 1 heterocycles. The molecule has 0 aliphatic carbocycles. The van der Waals surface area contributed by atoms with Gasteiger partial charge in [0.05, 0.1) is 11.8 Å². The maximum Gasteiger partial charge on any atom is 0.422 e. The number of nitrogens with two attached hydrogens (primary N) is 1. The van der Waals surface area contributed by atoms with Gasteiger partial charge in [0, 0.05) is 0 Å². The van der Waals surface area contributed by atoms with Gasteiger partial charge in [0.15, 0.2) is 0 Å². The quantitative estimate of drug-likeness (QED) is 0.349. The van der Waals surface area contributed by atoms with Gasteiger partial charge in [-0.15, -0.1) is 0 Å². The van der Waals surface area contributed by atoms with Crippen molar-refractivity contribution in [2.45, 2.75) is 6.92 Å². The van der Waals surface area contributed by atoms with Crippen molar-refractivity contribution in [3.8, 4) is 0 Å². The fourth-order valence-electron chi connectivity index (χ4n) is 1.34. The summed E-state index contributed by atoms with van der Waals surface area (Å²) in [4.78, 5) is 16.2. The van der Waals surface area contributed by atoms with Gasteiger partial charge in [-0.25, -0.2) is 4.79 Å². The van der Waals surface area contributed by atoms with Crippen molar-refractivity contribution >= 4 is 11.8 Å². The smallest absolute Gasteiger partial charge is 0.422 e. The summed E-state index contributed by atoms with van der Waals surface area (Å²) >= 11 is 0. The van der Waals surface area contributed by atoms with Gasteiger partial charge in [-0.1, -0.05) is 22.9 Å². The molecule has 0 radical (unpaired) electrons. The molecular weight excluding hydrogens is 232 g/mol. The van der Waals surface area contributed by atoms with E-state index in [1.54, 1.807) is 6.07 Å². The Balaban J connectivity index is 2.05. The monoisotopic (exact) mass is 245 g/mol. The zero-order valence-corrected chi connectivity index (χ0v) is 9.84. The molecule has 0 saturated heterocycles. The molecule has 0 aliphatic heterocycles. The van der Waals surface area contributed by atoms with Crippen LogP contribution in [-0.4, -0.2) is 11.8 Å². The van der Waals surface area contributed by atoms with Crippen molar-refractivity contribution in [2.24, 2.45) is 5.73 Å². The van der Waals surface area contributed by atoms with Gasteiger partial charge in [0.1, 0.15) is 0 Å². The van der Waals surface area contributed by atoms with Gasteiger partial charge in [-0.2, -0.15) is 0 Å². The SMILES string of the molecule is Cc1ccc(C(N)=[NH+]OC(=O)c2ccco2)cc1. The molecular formula is C13H13N2O3+. The average molecular weight is 245 g/mol. The molecule has 0 aliphatic rings. The predicted molar refractivity (Wildman–Crippen MR) is 64.6 cm³/mol. The minimum Gasteiger partial charge on any atom is -0.457 e. The van der Waals surface area contributed by atoms with Crippen LogP contribution in [-0.2, 0) is 4.84 Å². The van der Waals surface area contributed by atoms with E-state index < -0.39 is 5.97 Å². The molecule has 0 bridgehead atoms. The normalized spacial score (nSPS) is 11.3. The summed E-state index contributed by atoms with van der Waals surface area (Å²) in [6, 6.07) is 10.6. The van der Waals surface area contributed by atoms with Crippen molar-refractivity contribution in [3.63, 3.8) is 0 Å². The summed E-state index contributed by atoms with van der Waals surface area (Å²) in [6.07, 6.45) is 1.39. The molecule has 0 atom stereocenters. The maximum absolute atomic E-state index is 11.4. The highest BCUT2D eigenvalue weighted by molar-refractivity contribution is 5.93. The molecule has 0 unspecified atom stereocenters. The van der Waals surface area contributed by atoms with Crippen LogP contribution in [0.3, 0.4) is 0 Å². The van der Waals surface area contributed by atoms with E-state index in [4.69, 9.17) is 15.0 Å². The van der Waals surface area contributed by atoms with E-state index in [9.17, 15) is 4.79 Å². The Morgan fingerprint density at radius 3 is 2.61 bits per heavy atom. The number of aryl methyl sites for hydroxylation is 1. The minimum atomic E-state index is -0.630. The first-order valence-corrected chi connectivity index (χ1v) is 5.37. The largest absolute Gasteiger partial charge is 0.457 e. The molecule has 0 amide bonds. The molecule has 0 saturated carbocycles. The number of nitrogen functional groups attached to an aromatic ring is 1. The number of hydrogen-bond donors (Lipinski definition) is 2. The van der Waals surface area contributed by atoms with Gasteiger partial charge < -0.3 is 4.42 Å². The van der Waals surface area contributed by atoms with Crippen molar-refractivity contribution in [2.75, 3.05) is 0 Å². The third-order valence-electron chi connectivity index (χ3n) is 2.34. The van der Waals surface area contributed by atoms with E-state index in [1.807, 2.05) is 31.2 Å². The Kier molecular flexibility index (Phi) is 3.43. The molecule has 2 rings (SSSR count). The fourth-order valence-corrected chi connectivity index (χ4v) is 1.34. The predicted octanol–water partition coefficient (Wildman–Crippen LogP) is 0.146. The van der Waals surface area contributed by atoms with Crippen molar-refractivity contribution in [3.05, 3.63) is 59.5 Å². The Labute approximate surface area is 104 Å². The highest BCUT2D eigenvalue weighted by Gasteiger charge is 2.12. The van der Waals surface area contributed by atoms with Gasteiger partial charge >= 0.3 is 11.8 Å². The van der Waals surface area contributed by atoms with Gasteiger partial charge in [-0.05, 0) is 31.2 Å². The number of carbonyl (C=O) groups excluding carboxylic acids is 1. The number of amidine groups is 1. The number of benzene rings is 1. The van der Waals surface area contributed by atoms with Crippen LogP contribution in [0.15, 0.2) is 47.1 Å². The van der Waals surface area contributed by atoms with E-state index in [0.29, 0.717) is 0 Å². The Bertz CT molecular complexity index is 556. The van der Waals surface area contributed by atoms with Crippen LogP contribution in [0.2, 0.25) is 0 Å². The second-order valence-corrected chi connectivity index (χ2v) is 3.75. The number of furan rings is 1. The first-order chi connectivity index (χ1) is 8.66. The first-order valence-electron chi connectivity index (χ1n) is 5.37. The lowest BCUT2D eigenvalue weighted by atomic mass is 10.1. The first kappa shape index (κ1) is 11.9. The van der Waals surface area contributed by atoms with Crippen LogP contribution in [0.25, 0.3) is 0 Å². The van der Waals surface area contributed by atoms with Gasteiger partial charge in [-0.3, -0.25) is 10.6 Å². The average Bonchev–Trinajstić information content (AvgIpc) is 2.90. The Hall–Kier alpha value is -2.56. The van der Waals surface area contributed by atoms with Gasteiger partial charge in [0.2, 0.25) is 5.76 Å². The zero-order valence-electron chi connectivity index (χ0n) is 9.84. The van der Waals surface area contributed by atoms with E-state index >= 15 is 0 Å². The fraction of sp³-hybridized carbons (Fsp3) is 0.0769. The lowest BCUT2D eigenvalue weighted by Gasteiger charge is -1.96. The zero-order chi connectivity index (χ0) is 13.0. The topological polar surface area (TPSA) is 79.4 Å². The number of carbonyl (C=O) groups is 1. The van der Waals surface area contributed by atoms with E-state index in [-0.39, 0.29) is 11.6 Å². The molecule has 5 heteroatoms. The summed E-state index contributed by atoms with van der Waals surface area (Å²) < 4.78 is 4.88. The second-order valence-electron chi connectivity index (χ2n) is 3.75. The van der Waals surface area contributed by atoms with E-state index in [0.717, 1.165) is 11.1 Å². The van der Waals surface area contributed by atoms with Crippen molar-refractivity contribution in [1.29, 1.82) is 0 Å². The summed E-state index contributed by atoms with van der Waals surface area (Å²) in [5.74, 6) is -0.260. The van der Waals surface area contributed by atoms with Crippen LogP contribution < -0.4 is 10.9 Å². The van der Waals surface area contributed by atoms with Crippen molar-refractivity contribution in [1.82, 2.24) is 0 Å². The molecule has 5 nitrogen and oxygen atoms in total. The Morgan fingerprint density at radius 1 is 1.28 bits per heavy atom. The van der Waals surface area contributed by atoms with E-state index in [2.05, 4.69) is 5.16 Å².